The molecule has 0 saturated heterocycles. The Balaban J connectivity index is 1.58. The van der Waals surface area contributed by atoms with Crippen LogP contribution in [-0.2, 0) is 11.3 Å². The van der Waals surface area contributed by atoms with Crippen LogP contribution in [0.2, 0.25) is 0 Å². The van der Waals surface area contributed by atoms with E-state index in [9.17, 15) is 4.79 Å². The minimum Gasteiger partial charge on any atom is -0.488 e. The summed E-state index contributed by atoms with van der Waals surface area (Å²) in [6.45, 7) is 4.50. The Morgan fingerprint density at radius 1 is 1.09 bits per heavy atom. The number of hydrogen-bond acceptors (Lipinski definition) is 3. The smallest absolute Gasteiger partial charge is 0.250 e. The molecule has 0 saturated carbocycles. The van der Waals surface area contributed by atoms with Gasteiger partial charge < -0.3 is 10.1 Å². The molecule has 1 amide bonds. The molecule has 3 rings (SSSR count). The fourth-order valence-corrected chi connectivity index (χ4v) is 2.90. The predicted molar refractivity (Wildman–Crippen MR) is 94.7 cm³/mol. The van der Waals surface area contributed by atoms with E-state index in [0.717, 1.165) is 21.4 Å². The average Bonchev–Trinajstić information content (AvgIpc) is 3.11. The van der Waals surface area contributed by atoms with Gasteiger partial charge in [-0.2, -0.15) is 0 Å². The van der Waals surface area contributed by atoms with Crippen molar-refractivity contribution in [2.75, 3.05) is 6.61 Å². The second-order valence-electron chi connectivity index (χ2n) is 5.13. The fourth-order valence-electron chi connectivity index (χ4n) is 2.26. The fraction of sp³-hybridized carbons (Fsp3) is 0.105. The molecule has 0 radical (unpaired) electrons. The first kappa shape index (κ1) is 15.3. The van der Waals surface area contributed by atoms with Crippen molar-refractivity contribution < 1.29 is 9.53 Å². The molecular formula is C19H17NO2S. The molecule has 0 aliphatic rings. The molecule has 0 fully saturated rings. The predicted octanol–water partition coefficient (Wildman–Crippen LogP) is 4.15. The summed E-state index contributed by atoms with van der Waals surface area (Å²) in [6, 6.07) is 17.8. The maximum absolute atomic E-state index is 12.0. The lowest BCUT2D eigenvalue weighted by Crippen LogP contribution is -2.26. The highest BCUT2D eigenvalue weighted by Crippen LogP contribution is 2.25. The number of benzene rings is 2. The van der Waals surface area contributed by atoms with E-state index in [4.69, 9.17) is 4.74 Å². The highest BCUT2D eigenvalue weighted by molar-refractivity contribution is 7.09. The van der Waals surface area contributed by atoms with Gasteiger partial charge in [0.2, 0.25) is 5.91 Å². The van der Waals surface area contributed by atoms with Crippen LogP contribution in [0.1, 0.15) is 4.88 Å². The van der Waals surface area contributed by atoms with Crippen molar-refractivity contribution in [3.8, 4) is 5.75 Å². The molecule has 0 spiro atoms. The van der Waals surface area contributed by atoms with Crippen LogP contribution in [-0.4, -0.2) is 12.5 Å². The van der Waals surface area contributed by atoms with Gasteiger partial charge in [0.15, 0.2) is 0 Å². The minimum absolute atomic E-state index is 0.171. The number of ether oxygens (including phenoxy) is 1. The van der Waals surface area contributed by atoms with Gasteiger partial charge in [0.1, 0.15) is 12.4 Å². The van der Waals surface area contributed by atoms with E-state index in [1.807, 2.05) is 60.0 Å². The molecule has 2 aromatic carbocycles. The maximum atomic E-state index is 12.0. The SMILES string of the molecule is C=C(COc1cccc2ccccc12)C(=O)NCc1cccs1. The Labute approximate surface area is 139 Å². The van der Waals surface area contributed by atoms with Crippen LogP contribution in [0.3, 0.4) is 0 Å². The van der Waals surface area contributed by atoms with Crippen molar-refractivity contribution in [2.24, 2.45) is 0 Å². The number of carbonyl (C=O) groups is 1. The average molecular weight is 323 g/mol. The minimum atomic E-state index is -0.182. The van der Waals surface area contributed by atoms with Crippen molar-refractivity contribution in [1.82, 2.24) is 5.32 Å². The van der Waals surface area contributed by atoms with E-state index < -0.39 is 0 Å². The zero-order chi connectivity index (χ0) is 16.1. The normalized spacial score (nSPS) is 10.4. The number of nitrogens with one attached hydrogen (secondary N) is 1. The third-order valence-corrected chi connectivity index (χ3v) is 4.35. The van der Waals surface area contributed by atoms with Crippen LogP contribution in [0.5, 0.6) is 5.75 Å². The molecule has 1 heterocycles. The molecule has 1 aromatic heterocycles. The summed E-state index contributed by atoms with van der Waals surface area (Å²) in [5.41, 5.74) is 0.412. The molecule has 4 heteroatoms. The van der Waals surface area contributed by atoms with Gasteiger partial charge >= 0.3 is 0 Å². The molecular weight excluding hydrogens is 306 g/mol. The Kier molecular flexibility index (Phi) is 4.74. The van der Waals surface area contributed by atoms with Crippen molar-refractivity contribution in [3.63, 3.8) is 0 Å². The molecule has 23 heavy (non-hydrogen) atoms. The standard InChI is InChI=1S/C19H17NO2S/c1-14(19(21)20-12-16-8-5-11-23-16)13-22-18-10-4-7-15-6-2-3-9-17(15)18/h2-11H,1,12-13H2,(H,20,21). The van der Waals surface area contributed by atoms with Crippen LogP contribution in [0.4, 0.5) is 0 Å². The van der Waals surface area contributed by atoms with E-state index in [1.54, 1.807) is 11.3 Å². The van der Waals surface area contributed by atoms with Gasteiger partial charge in [0, 0.05) is 15.8 Å². The van der Waals surface area contributed by atoms with Crippen molar-refractivity contribution in [2.45, 2.75) is 6.54 Å². The Hall–Kier alpha value is -2.59. The van der Waals surface area contributed by atoms with E-state index in [-0.39, 0.29) is 12.5 Å². The summed E-state index contributed by atoms with van der Waals surface area (Å²) in [7, 11) is 0. The van der Waals surface area contributed by atoms with E-state index in [1.165, 1.54) is 0 Å². The molecule has 0 aliphatic carbocycles. The monoisotopic (exact) mass is 323 g/mol. The number of amides is 1. The van der Waals surface area contributed by atoms with Gasteiger partial charge in [-0.05, 0) is 22.9 Å². The quantitative estimate of drug-likeness (QED) is 0.692. The highest BCUT2D eigenvalue weighted by Gasteiger charge is 2.09. The summed E-state index contributed by atoms with van der Waals surface area (Å²) in [5, 5.41) is 6.97. The molecule has 116 valence electrons. The van der Waals surface area contributed by atoms with Crippen molar-refractivity contribution >= 4 is 28.0 Å². The lowest BCUT2D eigenvalue weighted by Gasteiger charge is -2.11. The number of thiophene rings is 1. The van der Waals surface area contributed by atoms with Gasteiger partial charge in [-0.25, -0.2) is 0 Å². The van der Waals surface area contributed by atoms with Gasteiger partial charge in [0.05, 0.1) is 6.54 Å². The molecule has 0 bridgehead atoms. The van der Waals surface area contributed by atoms with Crippen LogP contribution in [0.15, 0.2) is 72.1 Å². The second kappa shape index (κ2) is 7.11. The third kappa shape index (κ3) is 3.79. The topological polar surface area (TPSA) is 38.3 Å². The Morgan fingerprint density at radius 3 is 2.74 bits per heavy atom. The molecule has 0 unspecified atom stereocenters. The molecule has 3 nitrogen and oxygen atoms in total. The number of carbonyl (C=O) groups excluding carboxylic acids is 1. The second-order valence-corrected chi connectivity index (χ2v) is 6.16. The summed E-state index contributed by atoms with van der Waals surface area (Å²) in [4.78, 5) is 13.1. The molecule has 3 aromatic rings. The number of fused-ring (bicyclic) bond motifs is 1. The Morgan fingerprint density at radius 2 is 1.91 bits per heavy atom. The van der Waals surface area contributed by atoms with Crippen LogP contribution in [0, 0.1) is 0 Å². The summed E-state index contributed by atoms with van der Waals surface area (Å²) < 4.78 is 5.78. The largest absolute Gasteiger partial charge is 0.488 e. The maximum Gasteiger partial charge on any atom is 0.250 e. The summed E-state index contributed by atoms with van der Waals surface area (Å²) in [5.74, 6) is 0.578. The first-order chi connectivity index (χ1) is 11.2. The van der Waals surface area contributed by atoms with Gasteiger partial charge in [-0.1, -0.05) is 49.0 Å². The Bertz CT molecular complexity index is 819. The highest BCUT2D eigenvalue weighted by atomic mass is 32.1. The van der Waals surface area contributed by atoms with Gasteiger partial charge in [0.25, 0.3) is 0 Å². The zero-order valence-electron chi connectivity index (χ0n) is 12.6. The summed E-state index contributed by atoms with van der Waals surface area (Å²) >= 11 is 1.61. The number of rotatable bonds is 6. The molecule has 0 aliphatic heterocycles. The van der Waals surface area contributed by atoms with Crippen molar-refractivity contribution in [1.29, 1.82) is 0 Å². The molecule has 1 N–H and O–H groups in total. The van der Waals surface area contributed by atoms with E-state index >= 15 is 0 Å². The lowest BCUT2D eigenvalue weighted by molar-refractivity contribution is -0.117. The number of hydrogen-bond donors (Lipinski definition) is 1. The van der Waals surface area contributed by atoms with Crippen molar-refractivity contribution in [3.05, 3.63) is 77.0 Å². The first-order valence-electron chi connectivity index (χ1n) is 7.33. The molecule has 0 atom stereocenters. The van der Waals surface area contributed by atoms with Gasteiger partial charge in [-0.15, -0.1) is 11.3 Å². The van der Waals surface area contributed by atoms with Crippen LogP contribution >= 0.6 is 11.3 Å². The van der Waals surface area contributed by atoms with E-state index in [0.29, 0.717) is 12.1 Å². The van der Waals surface area contributed by atoms with Crippen LogP contribution < -0.4 is 10.1 Å². The van der Waals surface area contributed by atoms with Gasteiger partial charge in [-0.3, -0.25) is 4.79 Å². The summed E-state index contributed by atoms with van der Waals surface area (Å²) in [6.07, 6.45) is 0. The van der Waals surface area contributed by atoms with Crippen LogP contribution in [0.25, 0.3) is 10.8 Å². The first-order valence-corrected chi connectivity index (χ1v) is 8.21. The zero-order valence-corrected chi connectivity index (χ0v) is 13.4. The lowest BCUT2D eigenvalue weighted by atomic mass is 10.1. The third-order valence-electron chi connectivity index (χ3n) is 3.48. The van der Waals surface area contributed by atoms with E-state index in [2.05, 4.69) is 11.9 Å².